The van der Waals surface area contributed by atoms with E-state index >= 15 is 0 Å². The van der Waals surface area contributed by atoms with Gasteiger partial charge in [-0.05, 0) is 5.41 Å². The zero-order chi connectivity index (χ0) is 12.3. The quantitative estimate of drug-likeness (QED) is 0.703. The summed E-state index contributed by atoms with van der Waals surface area (Å²) >= 11 is 0. The molecule has 0 saturated heterocycles. The van der Waals surface area contributed by atoms with Crippen LogP contribution in [0.15, 0.2) is 12.5 Å². The maximum Gasteiger partial charge on any atom is 0.326 e. The van der Waals surface area contributed by atoms with Crippen LogP contribution in [0.1, 0.15) is 31.3 Å². The molecule has 16 heavy (non-hydrogen) atoms. The van der Waals surface area contributed by atoms with Crippen molar-refractivity contribution in [3.63, 3.8) is 0 Å². The first-order valence-electron chi connectivity index (χ1n) is 4.84. The highest BCUT2D eigenvalue weighted by molar-refractivity contribution is 5.94. The summed E-state index contributed by atoms with van der Waals surface area (Å²) in [5.41, 5.74) is -0.308. The number of rotatable bonds is 3. The number of carbonyl (C=O) groups is 2. The highest BCUT2D eigenvalue weighted by atomic mass is 16.4. The Morgan fingerprint density at radius 1 is 1.50 bits per heavy atom. The van der Waals surface area contributed by atoms with Crippen molar-refractivity contribution in [1.29, 1.82) is 0 Å². The summed E-state index contributed by atoms with van der Waals surface area (Å²) in [6.07, 6.45) is 2.71. The normalized spacial score (nSPS) is 13.2. The maximum absolute atomic E-state index is 11.6. The van der Waals surface area contributed by atoms with Gasteiger partial charge in [0.25, 0.3) is 5.91 Å². The van der Waals surface area contributed by atoms with E-state index < -0.39 is 23.3 Å². The summed E-state index contributed by atoms with van der Waals surface area (Å²) in [5.74, 6) is -1.53. The third-order valence-corrected chi connectivity index (χ3v) is 2.13. The van der Waals surface area contributed by atoms with E-state index in [2.05, 4.69) is 15.3 Å². The van der Waals surface area contributed by atoms with Crippen molar-refractivity contribution >= 4 is 11.9 Å². The number of carboxylic acid groups (broad SMARTS) is 1. The molecule has 0 aromatic carbocycles. The molecule has 1 aromatic heterocycles. The van der Waals surface area contributed by atoms with Crippen LogP contribution in [0.25, 0.3) is 0 Å². The van der Waals surface area contributed by atoms with Gasteiger partial charge in [0.1, 0.15) is 11.7 Å². The SMILES string of the molecule is CC(C)(C)[C@@H](NC(=O)c1cnc[nH]1)C(=O)O. The van der Waals surface area contributed by atoms with E-state index in [0.29, 0.717) is 0 Å². The molecule has 6 heteroatoms. The number of hydrogen-bond donors (Lipinski definition) is 3. The van der Waals surface area contributed by atoms with Crippen LogP contribution in [-0.4, -0.2) is 33.0 Å². The molecule has 0 fully saturated rings. The van der Waals surface area contributed by atoms with Crippen LogP contribution in [0.2, 0.25) is 0 Å². The molecule has 0 aliphatic rings. The summed E-state index contributed by atoms with van der Waals surface area (Å²) in [4.78, 5) is 28.9. The van der Waals surface area contributed by atoms with Gasteiger partial charge in [-0.2, -0.15) is 0 Å². The van der Waals surface area contributed by atoms with E-state index in [1.54, 1.807) is 20.8 Å². The average Bonchev–Trinajstić information content (AvgIpc) is 2.63. The lowest BCUT2D eigenvalue weighted by atomic mass is 9.87. The van der Waals surface area contributed by atoms with Crippen molar-refractivity contribution in [3.05, 3.63) is 18.2 Å². The van der Waals surface area contributed by atoms with Crippen LogP contribution >= 0.6 is 0 Å². The monoisotopic (exact) mass is 225 g/mol. The Hall–Kier alpha value is -1.85. The number of aromatic amines is 1. The average molecular weight is 225 g/mol. The van der Waals surface area contributed by atoms with Crippen LogP contribution in [0.4, 0.5) is 0 Å². The zero-order valence-electron chi connectivity index (χ0n) is 9.44. The Morgan fingerprint density at radius 3 is 2.50 bits per heavy atom. The summed E-state index contributed by atoms with van der Waals surface area (Å²) in [6, 6.07) is -0.941. The fourth-order valence-electron chi connectivity index (χ4n) is 1.24. The van der Waals surface area contributed by atoms with Gasteiger partial charge in [0, 0.05) is 0 Å². The summed E-state index contributed by atoms with van der Waals surface area (Å²) in [6.45, 7) is 5.25. The number of carboxylic acids is 1. The van der Waals surface area contributed by atoms with E-state index in [1.807, 2.05) is 0 Å². The van der Waals surface area contributed by atoms with E-state index in [0.717, 1.165) is 0 Å². The largest absolute Gasteiger partial charge is 0.480 e. The molecule has 1 amide bonds. The van der Waals surface area contributed by atoms with Crippen LogP contribution in [0.3, 0.4) is 0 Å². The number of amides is 1. The van der Waals surface area contributed by atoms with Crippen molar-refractivity contribution in [2.24, 2.45) is 5.41 Å². The number of carbonyl (C=O) groups excluding carboxylic acids is 1. The molecule has 0 bridgehead atoms. The molecule has 1 atom stereocenters. The Bertz CT molecular complexity index is 379. The zero-order valence-corrected chi connectivity index (χ0v) is 9.44. The topological polar surface area (TPSA) is 95.1 Å². The molecule has 0 radical (unpaired) electrons. The van der Waals surface area contributed by atoms with E-state index in [4.69, 9.17) is 5.11 Å². The molecule has 0 aliphatic carbocycles. The number of aromatic nitrogens is 2. The molecule has 1 heterocycles. The molecule has 1 rings (SSSR count). The van der Waals surface area contributed by atoms with Gasteiger partial charge < -0.3 is 15.4 Å². The molecule has 0 aliphatic heterocycles. The third-order valence-electron chi connectivity index (χ3n) is 2.13. The van der Waals surface area contributed by atoms with Gasteiger partial charge in [-0.15, -0.1) is 0 Å². The van der Waals surface area contributed by atoms with Gasteiger partial charge >= 0.3 is 5.97 Å². The van der Waals surface area contributed by atoms with Gasteiger partial charge in [-0.1, -0.05) is 20.8 Å². The third kappa shape index (κ3) is 2.82. The number of hydrogen-bond acceptors (Lipinski definition) is 3. The fourth-order valence-corrected chi connectivity index (χ4v) is 1.24. The van der Waals surface area contributed by atoms with Crippen molar-refractivity contribution in [2.75, 3.05) is 0 Å². The molecular formula is C10H15N3O3. The second kappa shape index (κ2) is 4.34. The number of nitrogens with zero attached hydrogens (tertiary/aromatic N) is 1. The number of imidazole rings is 1. The molecule has 88 valence electrons. The van der Waals surface area contributed by atoms with Crippen LogP contribution in [-0.2, 0) is 4.79 Å². The van der Waals surface area contributed by atoms with Gasteiger partial charge in [0.15, 0.2) is 0 Å². The van der Waals surface area contributed by atoms with Crippen LogP contribution in [0.5, 0.6) is 0 Å². The molecule has 0 spiro atoms. The Morgan fingerprint density at radius 2 is 2.12 bits per heavy atom. The first-order valence-corrected chi connectivity index (χ1v) is 4.84. The highest BCUT2D eigenvalue weighted by Crippen LogP contribution is 2.19. The molecule has 3 N–H and O–H groups in total. The lowest BCUT2D eigenvalue weighted by molar-refractivity contribution is -0.142. The maximum atomic E-state index is 11.6. The van der Waals surface area contributed by atoms with E-state index in [-0.39, 0.29) is 5.69 Å². The summed E-state index contributed by atoms with van der Waals surface area (Å²) in [5, 5.41) is 11.5. The van der Waals surface area contributed by atoms with E-state index in [9.17, 15) is 9.59 Å². The second-order valence-electron chi connectivity index (χ2n) is 4.58. The van der Waals surface area contributed by atoms with Crippen molar-refractivity contribution < 1.29 is 14.7 Å². The Labute approximate surface area is 93.1 Å². The molecule has 0 unspecified atom stereocenters. The molecule has 0 saturated carbocycles. The highest BCUT2D eigenvalue weighted by Gasteiger charge is 2.32. The van der Waals surface area contributed by atoms with Gasteiger partial charge in [0.2, 0.25) is 0 Å². The van der Waals surface area contributed by atoms with Crippen molar-refractivity contribution in [1.82, 2.24) is 15.3 Å². The van der Waals surface area contributed by atoms with Crippen molar-refractivity contribution in [2.45, 2.75) is 26.8 Å². The van der Waals surface area contributed by atoms with Crippen LogP contribution < -0.4 is 5.32 Å². The summed E-state index contributed by atoms with van der Waals surface area (Å²) in [7, 11) is 0. The lowest BCUT2D eigenvalue weighted by Crippen LogP contribution is -2.49. The van der Waals surface area contributed by atoms with Gasteiger partial charge in [-0.25, -0.2) is 9.78 Å². The second-order valence-corrected chi connectivity index (χ2v) is 4.58. The predicted octanol–water partition coefficient (Wildman–Crippen LogP) is 0.639. The number of H-pyrrole nitrogens is 1. The minimum Gasteiger partial charge on any atom is -0.480 e. The number of aliphatic carboxylic acids is 1. The molecule has 1 aromatic rings. The fraction of sp³-hybridized carbons (Fsp3) is 0.500. The Kier molecular flexibility index (Phi) is 3.31. The smallest absolute Gasteiger partial charge is 0.326 e. The van der Waals surface area contributed by atoms with Gasteiger partial charge in [-0.3, -0.25) is 4.79 Å². The van der Waals surface area contributed by atoms with E-state index in [1.165, 1.54) is 12.5 Å². The minimum atomic E-state index is -1.06. The molecule has 6 nitrogen and oxygen atoms in total. The summed E-state index contributed by atoms with van der Waals surface area (Å²) < 4.78 is 0. The number of nitrogens with one attached hydrogen (secondary N) is 2. The first kappa shape index (κ1) is 12.2. The predicted molar refractivity (Wildman–Crippen MR) is 56.9 cm³/mol. The lowest BCUT2D eigenvalue weighted by Gasteiger charge is -2.27. The van der Waals surface area contributed by atoms with Gasteiger partial charge in [0.05, 0.1) is 12.5 Å². The van der Waals surface area contributed by atoms with Crippen molar-refractivity contribution in [3.8, 4) is 0 Å². The molecular weight excluding hydrogens is 210 g/mol. The first-order chi connectivity index (χ1) is 7.32. The van der Waals surface area contributed by atoms with Crippen LogP contribution in [0, 0.1) is 5.41 Å². The Balaban J connectivity index is 2.78. The standard InChI is InChI=1S/C10H15N3O3/c1-10(2,3)7(9(15)16)13-8(14)6-4-11-5-12-6/h4-5,7H,1-3H3,(H,11,12)(H,13,14)(H,15,16)/t7-/m0/s1. The minimum absolute atomic E-state index is 0.246.